The number of hydrogen-bond acceptors (Lipinski definition) is 8. The molecule has 2 heterocycles. The molecule has 1 aliphatic heterocycles. The Hall–Kier alpha value is -3.38. The fourth-order valence-electron chi connectivity index (χ4n) is 3.58. The van der Waals surface area contributed by atoms with Crippen molar-refractivity contribution in [2.45, 2.75) is 57.5 Å². The van der Waals surface area contributed by atoms with Gasteiger partial charge in [-0.15, -0.1) is 0 Å². The molecule has 12 heteroatoms. The third kappa shape index (κ3) is 7.31. The molecule has 1 fully saturated rings. The Kier molecular flexibility index (Phi) is 9.10. The van der Waals surface area contributed by atoms with Crippen LogP contribution in [0.5, 0.6) is 0 Å². The Bertz CT molecular complexity index is 1090. The number of aliphatic hydroxyl groups is 1. The fraction of sp³-hybridized carbons (Fsp3) is 0.500. The quantitative estimate of drug-likeness (QED) is 0.494. The minimum absolute atomic E-state index is 0.105. The Morgan fingerprint density at radius 2 is 2.00 bits per heavy atom. The maximum absolute atomic E-state index is 15.0. The zero-order valence-electron chi connectivity index (χ0n) is 19.9. The zero-order valence-corrected chi connectivity index (χ0v) is 19.9. The highest BCUT2D eigenvalue weighted by atomic mass is 19.3. The van der Waals surface area contributed by atoms with E-state index in [0.717, 1.165) is 16.3 Å². The first-order valence-corrected chi connectivity index (χ1v) is 11.5. The second kappa shape index (κ2) is 12.0. The van der Waals surface area contributed by atoms with Gasteiger partial charge in [0, 0.05) is 12.6 Å². The second-order valence-electron chi connectivity index (χ2n) is 8.79. The average Bonchev–Trinajstić information content (AvgIpc) is 2.83. The molecule has 0 aliphatic carbocycles. The normalized spacial score (nSPS) is 21.1. The van der Waals surface area contributed by atoms with Gasteiger partial charge >= 0.3 is 17.8 Å². The summed E-state index contributed by atoms with van der Waals surface area (Å²) in [5.41, 5.74) is -0.120. The van der Waals surface area contributed by atoms with E-state index >= 15 is 8.78 Å². The van der Waals surface area contributed by atoms with Gasteiger partial charge in [0.25, 0.3) is 5.92 Å². The number of halogens is 2. The highest BCUT2D eigenvalue weighted by Crippen LogP contribution is 2.40. The van der Waals surface area contributed by atoms with Crippen molar-refractivity contribution in [2.24, 2.45) is 5.92 Å². The number of hydrogen-bond donors (Lipinski definition) is 2. The van der Waals surface area contributed by atoms with Gasteiger partial charge in [-0.1, -0.05) is 44.2 Å². The Balaban J connectivity index is 1.65. The van der Waals surface area contributed by atoms with Crippen molar-refractivity contribution in [2.75, 3.05) is 18.5 Å². The minimum atomic E-state index is -3.60. The van der Waals surface area contributed by atoms with Crippen molar-refractivity contribution in [3.63, 3.8) is 0 Å². The molecular formula is C24H29F2N3O7. The second-order valence-corrected chi connectivity index (χ2v) is 8.79. The number of aromatic nitrogens is 2. The molecule has 1 aromatic carbocycles. The van der Waals surface area contributed by atoms with Crippen LogP contribution in [-0.2, 0) is 25.4 Å². The van der Waals surface area contributed by atoms with Gasteiger partial charge in [0.05, 0.1) is 19.6 Å². The first-order valence-electron chi connectivity index (χ1n) is 11.5. The van der Waals surface area contributed by atoms with Crippen LogP contribution >= 0.6 is 0 Å². The highest BCUT2D eigenvalue weighted by Gasteiger charge is 2.54. The molecule has 3 atom stereocenters. The molecule has 0 radical (unpaired) electrons. The number of aliphatic hydroxyl groups excluding tert-OH is 1. The van der Waals surface area contributed by atoms with Gasteiger partial charge in [0.15, 0.2) is 6.10 Å². The van der Waals surface area contributed by atoms with E-state index in [9.17, 15) is 19.5 Å². The van der Waals surface area contributed by atoms with Gasteiger partial charge in [-0.05, 0) is 24.0 Å². The molecule has 0 unspecified atom stereocenters. The van der Waals surface area contributed by atoms with Gasteiger partial charge in [0.1, 0.15) is 18.1 Å². The van der Waals surface area contributed by atoms with Gasteiger partial charge in [0.2, 0.25) is 0 Å². The molecule has 1 amide bonds. The zero-order chi connectivity index (χ0) is 26.3. The molecular weight excluding hydrogens is 480 g/mol. The number of esters is 1. The Morgan fingerprint density at radius 3 is 2.64 bits per heavy atom. The maximum atomic E-state index is 15.0. The van der Waals surface area contributed by atoms with Crippen LogP contribution in [0.2, 0.25) is 0 Å². The summed E-state index contributed by atoms with van der Waals surface area (Å²) in [4.78, 5) is 40.1. The van der Waals surface area contributed by atoms with E-state index in [4.69, 9.17) is 14.2 Å². The van der Waals surface area contributed by atoms with E-state index in [1.54, 1.807) is 24.3 Å². The van der Waals surface area contributed by atoms with Gasteiger partial charge < -0.3 is 19.3 Å². The van der Waals surface area contributed by atoms with Crippen LogP contribution in [0.1, 0.15) is 38.5 Å². The Morgan fingerprint density at radius 1 is 1.28 bits per heavy atom. The topological polar surface area (TPSA) is 129 Å². The van der Waals surface area contributed by atoms with E-state index < -0.39 is 55.1 Å². The fourth-order valence-corrected chi connectivity index (χ4v) is 3.58. The summed E-state index contributed by atoms with van der Waals surface area (Å²) >= 11 is 0. The number of aryl methyl sites for hydroxylation is 1. The number of carbonyl (C=O) groups is 2. The minimum Gasteiger partial charge on any atom is -0.453 e. The molecule has 0 bridgehead atoms. The van der Waals surface area contributed by atoms with Crippen LogP contribution in [0.4, 0.5) is 19.4 Å². The number of anilines is 1. The monoisotopic (exact) mass is 509 g/mol. The lowest BCUT2D eigenvalue weighted by atomic mass is 9.99. The summed E-state index contributed by atoms with van der Waals surface area (Å²) in [6.07, 6.45) is -5.59. The third-order valence-corrected chi connectivity index (χ3v) is 5.35. The number of rotatable bonds is 9. The van der Waals surface area contributed by atoms with Crippen LogP contribution in [0, 0.1) is 5.92 Å². The van der Waals surface area contributed by atoms with E-state index in [1.807, 2.05) is 19.9 Å². The van der Waals surface area contributed by atoms with Gasteiger partial charge in [-0.3, -0.25) is 14.7 Å². The van der Waals surface area contributed by atoms with Crippen molar-refractivity contribution >= 4 is 17.9 Å². The average molecular weight is 510 g/mol. The smallest absolute Gasteiger partial charge is 0.412 e. The number of nitrogens with zero attached hydrogens (tertiary/aromatic N) is 2. The van der Waals surface area contributed by atoms with Gasteiger partial charge in [-0.2, -0.15) is 4.98 Å². The molecule has 1 saturated heterocycles. The van der Waals surface area contributed by atoms with E-state index in [-0.39, 0.29) is 24.8 Å². The van der Waals surface area contributed by atoms with Crippen LogP contribution in [-0.4, -0.2) is 58.1 Å². The summed E-state index contributed by atoms with van der Waals surface area (Å²) in [7, 11) is 0. The van der Waals surface area contributed by atoms with E-state index in [2.05, 4.69) is 10.3 Å². The molecule has 0 saturated carbocycles. The van der Waals surface area contributed by atoms with Crippen molar-refractivity contribution in [1.29, 1.82) is 0 Å². The van der Waals surface area contributed by atoms with Gasteiger partial charge in [-0.25, -0.2) is 18.4 Å². The highest BCUT2D eigenvalue weighted by molar-refractivity contribution is 5.83. The largest absolute Gasteiger partial charge is 0.453 e. The lowest BCUT2D eigenvalue weighted by molar-refractivity contribution is -0.267. The van der Waals surface area contributed by atoms with Crippen molar-refractivity contribution < 1.29 is 37.7 Å². The standard InChI is InChI=1S/C24H29F2N3O7/c1-15(2)14-34-23(33)28-18-10-11-29(22(32)27-18)19-12-24(25,26)21(17(13-30)35-19)36-20(31)9-8-16-6-4-3-5-7-16/h3-7,10-11,15,17,19,21,30H,8-9,12-14H2,1-2H3,(H,27,28,32,33)/t17-,19-,21-/m1/s1. The summed E-state index contributed by atoms with van der Waals surface area (Å²) < 4.78 is 46.3. The predicted molar refractivity (Wildman–Crippen MR) is 124 cm³/mol. The van der Waals surface area contributed by atoms with Crippen molar-refractivity contribution in [1.82, 2.24) is 9.55 Å². The molecule has 3 rings (SSSR count). The van der Waals surface area contributed by atoms with Crippen molar-refractivity contribution in [3.8, 4) is 0 Å². The van der Waals surface area contributed by atoms with Crippen molar-refractivity contribution in [3.05, 3.63) is 58.6 Å². The number of nitrogens with one attached hydrogen (secondary N) is 1. The number of benzene rings is 1. The third-order valence-electron chi connectivity index (χ3n) is 5.35. The number of carbonyl (C=O) groups excluding carboxylic acids is 2. The lowest BCUT2D eigenvalue weighted by Crippen LogP contribution is -2.55. The molecule has 0 spiro atoms. The van der Waals surface area contributed by atoms with Crippen LogP contribution in [0.25, 0.3) is 0 Å². The SMILES string of the molecule is CC(C)COC(=O)Nc1ccn([C@H]2CC(F)(F)[C@H](OC(=O)CCc3ccccc3)[C@@H](CO)O2)c(=O)n1. The molecule has 2 N–H and O–H groups in total. The summed E-state index contributed by atoms with van der Waals surface area (Å²) in [5, 5.41) is 12.0. The summed E-state index contributed by atoms with van der Waals surface area (Å²) in [5.74, 6) is -4.48. The molecule has 196 valence electrons. The molecule has 36 heavy (non-hydrogen) atoms. The molecule has 10 nitrogen and oxygen atoms in total. The lowest BCUT2D eigenvalue weighted by Gasteiger charge is -2.40. The van der Waals surface area contributed by atoms with Crippen LogP contribution in [0.3, 0.4) is 0 Å². The molecule has 1 aromatic heterocycles. The molecule has 1 aliphatic rings. The van der Waals surface area contributed by atoms with E-state index in [0.29, 0.717) is 6.42 Å². The predicted octanol–water partition coefficient (Wildman–Crippen LogP) is 2.91. The van der Waals surface area contributed by atoms with Crippen LogP contribution < -0.4 is 11.0 Å². The van der Waals surface area contributed by atoms with E-state index in [1.165, 1.54) is 6.07 Å². The van der Waals surface area contributed by atoms with Crippen LogP contribution in [0.15, 0.2) is 47.4 Å². The first kappa shape index (κ1) is 27.2. The number of alkyl halides is 2. The first-order chi connectivity index (χ1) is 17.1. The summed E-state index contributed by atoms with van der Waals surface area (Å²) in [6.45, 7) is 2.99. The molecule has 2 aromatic rings. The number of ether oxygens (including phenoxy) is 3. The maximum Gasteiger partial charge on any atom is 0.412 e. The number of amides is 1. The summed E-state index contributed by atoms with van der Waals surface area (Å²) in [6, 6.07) is 10.2. The Labute approximate surface area is 206 Å².